The number of methoxy groups -OCH3 is 1. The van der Waals surface area contributed by atoms with Crippen molar-refractivity contribution in [2.75, 3.05) is 27.3 Å². The van der Waals surface area contributed by atoms with E-state index in [-0.39, 0.29) is 6.04 Å². The van der Waals surface area contributed by atoms with Crippen molar-refractivity contribution in [3.8, 4) is 11.5 Å². The molecule has 1 aliphatic rings. The summed E-state index contributed by atoms with van der Waals surface area (Å²) in [5.41, 5.74) is 7.01. The highest BCUT2D eigenvalue weighted by Gasteiger charge is 2.21. The Labute approximate surface area is 121 Å². The molecule has 4 nitrogen and oxygen atoms in total. The minimum atomic E-state index is -0.106. The Morgan fingerprint density at radius 1 is 1.35 bits per heavy atom. The summed E-state index contributed by atoms with van der Waals surface area (Å²) in [5, 5.41) is 0. The molecule has 112 valence electrons. The molecule has 0 spiro atoms. The number of hydrogen-bond acceptors (Lipinski definition) is 4. The normalized spacial score (nSPS) is 21.5. The van der Waals surface area contributed by atoms with E-state index in [4.69, 9.17) is 15.2 Å². The Morgan fingerprint density at radius 3 is 2.75 bits per heavy atom. The van der Waals surface area contributed by atoms with Crippen LogP contribution in [0.5, 0.6) is 11.5 Å². The monoisotopic (exact) mass is 278 g/mol. The fourth-order valence-corrected chi connectivity index (χ4v) is 2.82. The van der Waals surface area contributed by atoms with Gasteiger partial charge in [-0.2, -0.15) is 0 Å². The molecule has 0 bridgehead atoms. The number of nitrogens with two attached hydrogens (primary N) is 1. The molecule has 2 N–H and O–H groups in total. The number of nitrogens with zero attached hydrogens (tertiary/aromatic N) is 1. The summed E-state index contributed by atoms with van der Waals surface area (Å²) in [4.78, 5) is 2.38. The highest BCUT2D eigenvalue weighted by Crippen LogP contribution is 2.33. The molecular formula is C16H26N2O2. The lowest BCUT2D eigenvalue weighted by atomic mass is 10.0. The Balaban J connectivity index is 2.08. The third-order valence-electron chi connectivity index (χ3n) is 4.05. The Bertz CT molecular complexity index is 434. The first kappa shape index (κ1) is 15.1. The van der Waals surface area contributed by atoms with Crippen LogP contribution in [0.3, 0.4) is 0 Å². The molecule has 0 aromatic heterocycles. The molecule has 4 heteroatoms. The minimum absolute atomic E-state index is 0.106. The van der Waals surface area contributed by atoms with Crippen molar-refractivity contribution >= 4 is 0 Å². The van der Waals surface area contributed by atoms with Gasteiger partial charge in [-0.1, -0.05) is 12.5 Å². The smallest absolute Gasteiger partial charge is 0.127 e. The second kappa shape index (κ2) is 6.95. The average molecular weight is 278 g/mol. The first-order valence-corrected chi connectivity index (χ1v) is 7.39. The molecule has 20 heavy (non-hydrogen) atoms. The van der Waals surface area contributed by atoms with Crippen LogP contribution in [0.2, 0.25) is 0 Å². The molecule has 0 saturated carbocycles. The number of ether oxygens (including phenoxy) is 2. The number of likely N-dealkylation sites (tertiary alicyclic amines) is 1. The molecule has 2 atom stereocenters. The average Bonchev–Trinajstić information content (AvgIpc) is 2.45. The molecule has 1 fully saturated rings. The summed E-state index contributed by atoms with van der Waals surface area (Å²) in [6.07, 6.45) is 3.78. The highest BCUT2D eigenvalue weighted by atomic mass is 16.5. The van der Waals surface area contributed by atoms with Crippen molar-refractivity contribution in [1.29, 1.82) is 0 Å². The van der Waals surface area contributed by atoms with Gasteiger partial charge >= 0.3 is 0 Å². The molecule has 1 unspecified atom stereocenters. The van der Waals surface area contributed by atoms with E-state index in [0.29, 0.717) is 12.6 Å². The summed E-state index contributed by atoms with van der Waals surface area (Å²) in [6.45, 7) is 3.83. The van der Waals surface area contributed by atoms with Crippen LogP contribution in [0.15, 0.2) is 18.2 Å². The summed E-state index contributed by atoms with van der Waals surface area (Å²) >= 11 is 0. The van der Waals surface area contributed by atoms with Gasteiger partial charge in [-0.3, -0.25) is 0 Å². The van der Waals surface area contributed by atoms with Crippen LogP contribution in [0.25, 0.3) is 0 Å². The zero-order valence-electron chi connectivity index (χ0n) is 12.8. The maximum atomic E-state index is 6.06. The summed E-state index contributed by atoms with van der Waals surface area (Å²) < 4.78 is 11.4. The van der Waals surface area contributed by atoms with Crippen LogP contribution < -0.4 is 15.2 Å². The number of benzene rings is 1. The third-order valence-corrected chi connectivity index (χ3v) is 4.05. The predicted molar refractivity (Wildman–Crippen MR) is 81.4 cm³/mol. The fourth-order valence-electron chi connectivity index (χ4n) is 2.82. The van der Waals surface area contributed by atoms with Crippen LogP contribution in [-0.4, -0.2) is 38.3 Å². The van der Waals surface area contributed by atoms with Crippen LogP contribution in [0.4, 0.5) is 0 Å². The van der Waals surface area contributed by atoms with Gasteiger partial charge in [0.05, 0.1) is 12.7 Å². The molecular weight excluding hydrogens is 252 g/mol. The standard InChI is InChI=1S/C16H26N2O2/c1-12(17)16-14(19-3)8-6-9-15(16)20-11-13-7-4-5-10-18(13)2/h6,8-9,12-13H,4-5,7,10-11,17H2,1-3H3/t12-,13?/m0/s1. The van der Waals surface area contributed by atoms with Gasteiger partial charge in [0.25, 0.3) is 0 Å². The first-order valence-electron chi connectivity index (χ1n) is 7.39. The highest BCUT2D eigenvalue weighted by molar-refractivity contribution is 5.46. The lowest BCUT2D eigenvalue weighted by molar-refractivity contribution is 0.124. The first-order chi connectivity index (χ1) is 9.63. The van der Waals surface area contributed by atoms with E-state index in [1.807, 2.05) is 25.1 Å². The van der Waals surface area contributed by atoms with E-state index in [1.165, 1.54) is 19.3 Å². The largest absolute Gasteiger partial charge is 0.496 e. The van der Waals surface area contributed by atoms with Crippen LogP contribution in [-0.2, 0) is 0 Å². The maximum absolute atomic E-state index is 6.06. The molecule has 2 rings (SSSR count). The van der Waals surface area contributed by atoms with Crippen molar-refractivity contribution in [3.63, 3.8) is 0 Å². The molecule has 1 aromatic carbocycles. The Kier molecular flexibility index (Phi) is 5.26. The third kappa shape index (κ3) is 3.44. The van der Waals surface area contributed by atoms with E-state index in [1.54, 1.807) is 7.11 Å². The molecule has 0 amide bonds. The zero-order chi connectivity index (χ0) is 14.5. The summed E-state index contributed by atoms with van der Waals surface area (Å²) in [5.74, 6) is 1.65. The van der Waals surface area contributed by atoms with Gasteiger partial charge in [-0.15, -0.1) is 0 Å². The van der Waals surface area contributed by atoms with Gasteiger partial charge in [0.1, 0.15) is 18.1 Å². The van der Waals surface area contributed by atoms with Gasteiger partial charge in [0.2, 0.25) is 0 Å². The Morgan fingerprint density at radius 2 is 2.10 bits per heavy atom. The van der Waals surface area contributed by atoms with E-state index in [9.17, 15) is 0 Å². The number of hydrogen-bond donors (Lipinski definition) is 1. The van der Waals surface area contributed by atoms with Crippen LogP contribution in [0.1, 0.15) is 37.8 Å². The molecule has 1 aromatic rings. The van der Waals surface area contributed by atoms with E-state index >= 15 is 0 Å². The summed E-state index contributed by atoms with van der Waals surface area (Å²) in [6, 6.07) is 6.24. The van der Waals surface area contributed by atoms with Gasteiger partial charge in [-0.25, -0.2) is 0 Å². The zero-order valence-corrected chi connectivity index (χ0v) is 12.8. The van der Waals surface area contributed by atoms with E-state index in [0.717, 1.165) is 23.6 Å². The minimum Gasteiger partial charge on any atom is -0.496 e. The number of piperidine rings is 1. The Hall–Kier alpha value is -1.26. The van der Waals surface area contributed by atoms with Crippen molar-refractivity contribution in [3.05, 3.63) is 23.8 Å². The number of rotatable bonds is 5. The molecule has 1 saturated heterocycles. The lowest BCUT2D eigenvalue weighted by Gasteiger charge is -2.32. The van der Waals surface area contributed by atoms with Crippen LogP contribution >= 0.6 is 0 Å². The topological polar surface area (TPSA) is 47.7 Å². The fraction of sp³-hybridized carbons (Fsp3) is 0.625. The molecule has 0 radical (unpaired) electrons. The number of likely N-dealkylation sites (N-methyl/N-ethyl adjacent to an activating group) is 1. The van der Waals surface area contributed by atoms with Gasteiger partial charge in [-0.05, 0) is 45.5 Å². The molecule has 1 aliphatic heterocycles. The van der Waals surface area contributed by atoms with Crippen molar-refractivity contribution < 1.29 is 9.47 Å². The molecule has 0 aliphatic carbocycles. The van der Waals surface area contributed by atoms with Crippen molar-refractivity contribution in [1.82, 2.24) is 4.90 Å². The van der Waals surface area contributed by atoms with Crippen molar-refractivity contribution in [2.45, 2.75) is 38.3 Å². The van der Waals surface area contributed by atoms with E-state index in [2.05, 4.69) is 11.9 Å². The van der Waals surface area contributed by atoms with E-state index < -0.39 is 0 Å². The summed E-state index contributed by atoms with van der Waals surface area (Å²) in [7, 11) is 3.84. The second-order valence-electron chi connectivity index (χ2n) is 5.60. The van der Waals surface area contributed by atoms with Crippen molar-refractivity contribution in [2.24, 2.45) is 5.73 Å². The second-order valence-corrected chi connectivity index (χ2v) is 5.60. The van der Waals surface area contributed by atoms with Crippen LogP contribution in [0, 0.1) is 0 Å². The SMILES string of the molecule is COc1cccc(OCC2CCCCN2C)c1[C@H](C)N. The lowest BCUT2D eigenvalue weighted by Crippen LogP contribution is -2.40. The van der Waals surface area contributed by atoms with Gasteiger partial charge in [0, 0.05) is 12.1 Å². The predicted octanol–water partition coefficient (Wildman–Crippen LogP) is 2.58. The quantitative estimate of drug-likeness (QED) is 0.899. The molecule has 1 heterocycles. The van der Waals surface area contributed by atoms with Gasteiger partial charge in [0.15, 0.2) is 0 Å². The van der Waals surface area contributed by atoms with Gasteiger partial charge < -0.3 is 20.1 Å². The maximum Gasteiger partial charge on any atom is 0.127 e.